The Bertz CT molecular complexity index is 819. The number of carbonyl (C=O) groups is 2. The molecule has 0 aliphatic rings. The number of aromatic nitrogens is 2. The van der Waals surface area contributed by atoms with Crippen LogP contribution in [0, 0.1) is 0 Å². The number of hydrogen-bond acceptors (Lipinski definition) is 3. The fraction of sp³-hybridized carbons (Fsp3) is 0.118. The van der Waals surface area contributed by atoms with E-state index >= 15 is 0 Å². The summed E-state index contributed by atoms with van der Waals surface area (Å²) in [5, 5.41) is 5.45. The Morgan fingerprint density at radius 3 is 2.52 bits per heavy atom. The average Bonchev–Trinajstić information content (AvgIpc) is 2.95. The lowest BCUT2D eigenvalue weighted by Crippen LogP contribution is -2.19. The zero-order valence-electron chi connectivity index (χ0n) is 12.6. The van der Waals surface area contributed by atoms with Gasteiger partial charge in [0.2, 0.25) is 11.9 Å². The summed E-state index contributed by atoms with van der Waals surface area (Å²) in [6.07, 6.45) is 0. The molecule has 0 fully saturated rings. The summed E-state index contributed by atoms with van der Waals surface area (Å²) >= 11 is 0. The Morgan fingerprint density at radius 2 is 1.83 bits per heavy atom. The number of hydrogen-bond donors (Lipinski definition) is 3. The van der Waals surface area contributed by atoms with E-state index in [1.807, 2.05) is 36.4 Å². The van der Waals surface area contributed by atoms with E-state index in [0.29, 0.717) is 18.1 Å². The molecular formula is C17H16N4O2. The number of nitrogens with zero attached hydrogens (tertiary/aromatic N) is 1. The van der Waals surface area contributed by atoms with Gasteiger partial charge in [0.15, 0.2) is 0 Å². The number of rotatable bonds is 4. The van der Waals surface area contributed by atoms with Crippen LogP contribution in [0.1, 0.15) is 22.8 Å². The summed E-state index contributed by atoms with van der Waals surface area (Å²) in [4.78, 5) is 30.5. The number of benzene rings is 2. The third kappa shape index (κ3) is 3.55. The number of nitrogens with one attached hydrogen (secondary N) is 3. The van der Waals surface area contributed by atoms with E-state index in [-0.39, 0.29) is 11.8 Å². The highest BCUT2D eigenvalue weighted by Crippen LogP contribution is 2.14. The molecule has 0 saturated heterocycles. The molecule has 2 amide bonds. The fourth-order valence-corrected chi connectivity index (χ4v) is 2.19. The lowest BCUT2D eigenvalue weighted by atomic mass is 10.1. The second-order valence-corrected chi connectivity index (χ2v) is 5.16. The molecule has 0 saturated carbocycles. The highest BCUT2D eigenvalue weighted by Gasteiger charge is 2.09. The van der Waals surface area contributed by atoms with Crippen molar-refractivity contribution in [3.8, 4) is 0 Å². The first kappa shape index (κ1) is 14.8. The Kier molecular flexibility index (Phi) is 4.05. The first-order chi connectivity index (χ1) is 11.1. The smallest absolute Gasteiger partial charge is 0.257 e. The quantitative estimate of drug-likeness (QED) is 0.692. The van der Waals surface area contributed by atoms with Crippen LogP contribution in [0.4, 0.5) is 5.95 Å². The molecule has 3 N–H and O–H groups in total. The van der Waals surface area contributed by atoms with Crippen LogP contribution in [0.3, 0.4) is 0 Å². The van der Waals surface area contributed by atoms with Crippen LogP contribution < -0.4 is 10.6 Å². The zero-order valence-corrected chi connectivity index (χ0v) is 12.6. The second kappa shape index (κ2) is 6.31. The van der Waals surface area contributed by atoms with Gasteiger partial charge in [-0.15, -0.1) is 0 Å². The van der Waals surface area contributed by atoms with Crippen molar-refractivity contribution in [3.63, 3.8) is 0 Å². The maximum atomic E-state index is 12.2. The largest absolute Gasteiger partial charge is 0.352 e. The third-order valence-corrected chi connectivity index (χ3v) is 3.38. The highest BCUT2D eigenvalue weighted by molar-refractivity contribution is 6.03. The van der Waals surface area contributed by atoms with Crippen molar-refractivity contribution >= 4 is 28.8 Å². The number of H-pyrrole nitrogens is 1. The van der Waals surface area contributed by atoms with Crippen molar-refractivity contribution in [3.05, 3.63) is 59.7 Å². The molecule has 3 rings (SSSR count). The molecule has 0 bridgehead atoms. The van der Waals surface area contributed by atoms with Crippen molar-refractivity contribution in [1.82, 2.24) is 15.3 Å². The third-order valence-electron chi connectivity index (χ3n) is 3.38. The number of anilines is 1. The molecule has 1 aromatic heterocycles. The van der Waals surface area contributed by atoms with Crippen molar-refractivity contribution in [2.75, 3.05) is 5.32 Å². The predicted octanol–water partition coefficient (Wildman–Crippen LogP) is 2.45. The average molecular weight is 308 g/mol. The van der Waals surface area contributed by atoms with Gasteiger partial charge in [0.1, 0.15) is 0 Å². The Labute approximate surface area is 132 Å². The van der Waals surface area contributed by atoms with Crippen LogP contribution in [0.15, 0.2) is 48.5 Å². The van der Waals surface area contributed by atoms with E-state index in [0.717, 1.165) is 16.6 Å². The predicted molar refractivity (Wildman–Crippen MR) is 88.0 cm³/mol. The standard InChI is InChI=1S/C17H16N4O2/c1-11(22)18-10-12-6-8-13(9-7-12)16(23)21-17-19-14-4-2-3-5-15(14)20-17/h2-9H,10H2,1H3,(H,18,22)(H2,19,20,21,23). The van der Waals surface area contributed by atoms with Crippen molar-refractivity contribution < 1.29 is 9.59 Å². The normalized spacial score (nSPS) is 10.5. The molecule has 23 heavy (non-hydrogen) atoms. The van der Waals surface area contributed by atoms with E-state index in [1.165, 1.54) is 6.92 Å². The fourth-order valence-electron chi connectivity index (χ4n) is 2.19. The first-order valence-corrected chi connectivity index (χ1v) is 7.21. The van der Waals surface area contributed by atoms with Crippen LogP contribution in [0.25, 0.3) is 11.0 Å². The van der Waals surface area contributed by atoms with Crippen molar-refractivity contribution in [1.29, 1.82) is 0 Å². The second-order valence-electron chi connectivity index (χ2n) is 5.16. The van der Waals surface area contributed by atoms with Gasteiger partial charge in [0.05, 0.1) is 11.0 Å². The molecule has 6 nitrogen and oxygen atoms in total. The molecule has 1 heterocycles. The van der Waals surface area contributed by atoms with Gasteiger partial charge < -0.3 is 10.3 Å². The molecule has 3 aromatic rings. The molecule has 6 heteroatoms. The number of imidazole rings is 1. The molecule has 0 aliphatic carbocycles. The van der Waals surface area contributed by atoms with Gasteiger partial charge >= 0.3 is 0 Å². The molecule has 0 unspecified atom stereocenters. The Hall–Kier alpha value is -3.15. The molecule has 0 aliphatic heterocycles. The van der Waals surface area contributed by atoms with Gasteiger partial charge in [0, 0.05) is 19.0 Å². The topological polar surface area (TPSA) is 86.9 Å². The summed E-state index contributed by atoms with van der Waals surface area (Å²) in [6, 6.07) is 14.6. The van der Waals surface area contributed by atoms with Gasteiger partial charge in [0.25, 0.3) is 5.91 Å². The number of fused-ring (bicyclic) bond motifs is 1. The van der Waals surface area contributed by atoms with Gasteiger partial charge in [-0.3, -0.25) is 14.9 Å². The zero-order chi connectivity index (χ0) is 16.2. The summed E-state index contributed by atoms with van der Waals surface area (Å²) < 4.78 is 0. The summed E-state index contributed by atoms with van der Waals surface area (Å²) in [5.41, 5.74) is 3.12. The van der Waals surface area contributed by atoms with Crippen LogP contribution in [-0.2, 0) is 11.3 Å². The van der Waals surface area contributed by atoms with E-state index in [9.17, 15) is 9.59 Å². The molecular weight excluding hydrogens is 292 g/mol. The number of para-hydroxylation sites is 2. The van der Waals surface area contributed by atoms with Gasteiger partial charge in [-0.05, 0) is 29.8 Å². The van der Waals surface area contributed by atoms with Crippen molar-refractivity contribution in [2.24, 2.45) is 0 Å². The van der Waals surface area contributed by atoms with Gasteiger partial charge in [-0.25, -0.2) is 4.98 Å². The minimum atomic E-state index is -0.241. The van der Waals surface area contributed by atoms with Crippen LogP contribution >= 0.6 is 0 Å². The van der Waals surface area contributed by atoms with Gasteiger partial charge in [-0.1, -0.05) is 24.3 Å². The lowest BCUT2D eigenvalue weighted by Gasteiger charge is -2.05. The molecule has 2 aromatic carbocycles. The van der Waals surface area contributed by atoms with E-state index in [4.69, 9.17) is 0 Å². The minimum Gasteiger partial charge on any atom is -0.352 e. The number of aromatic amines is 1. The summed E-state index contributed by atoms with van der Waals surface area (Å²) in [6.45, 7) is 1.91. The van der Waals surface area contributed by atoms with E-state index in [1.54, 1.807) is 12.1 Å². The molecule has 0 atom stereocenters. The SMILES string of the molecule is CC(=O)NCc1ccc(C(=O)Nc2nc3ccccc3[nH]2)cc1. The van der Waals surface area contributed by atoms with E-state index in [2.05, 4.69) is 20.6 Å². The first-order valence-electron chi connectivity index (χ1n) is 7.21. The highest BCUT2D eigenvalue weighted by atomic mass is 16.2. The minimum absolute atomic E-state index is 0.0864. The van der Waals surface area contributed by atoms with Crippen LogP contribution in [-0.4, -0.2) is 21.8 Å². The summed E-state index contributed by atoms with van der Waals surface area (Å²) in [7, 11) is 0. The van der Waals surface area contributed by atoms with Crippen molar-refractivity contribution in [2.45, 2.75) is 13.5 Å². The maximum absolute atomic E-state index is 12.2. The molecule has 0 radical (unpaired) electrons. The monoisotopic (exact) mass is 308 g/mol. The Balaban J connectivity index is 1.69. The lowest BCUT2D eigenvalue weighted by molar-refractivity contribution is -0.119. The van der Waals surface area contributed by atoms with Crippen LogP contribution in [0.5, 0.6) is 0 Å². The number of amides is 2. The molecule has 0 spiro atoms. The van der Waals surface area contributed by atoms with Crippen LogP contribution in [0.2, 0.25) is 0 Å². The van der Waals surface area contributed by atoms with Gasteiger partial charge in [-0.2, -0.15) is 0 Å². The summed E-state index contributed by atoms with van der Waals surface area (Å²) in [5.74, 6) is 0.0883. The Morgan fingerprint density at radius 1 is 1.09 bits per heavy atom. The van der Waals surface area contributed by atoms with E-state index < -0.39 is 0 Å². The maximum Gasteiger partial charge on any atom is 0.257 e. The number of carbonyl (C=O) groups excluding carboxylic acids is 2. The molecule has 116 valence electrons.